The smallest absolute Gasteiger partial charge is 0.872 e. The summed E-state index contributed by atoms with van der Waals surface area (Å²) in [6, 6.07) is 13.0. The number of phenols is 2. The van der Waals surface area contributed by atoms with Crippen molar-refractivity contribution in [2.24, 2.45) is 0 Å². The zero-order valence-electron chi connectivity index (χ0n) is 21.3. The second kappa shape index (κ2) is 13.4. The first-order valence-electron chi connectivity index (χ1n) is 10.9. The van der Waals surface area contributed by atoms with Crippen LogP contribution in [0.3, 0.4) is 0 Å². The van der Waals surface area contributed by atoms with E-state index in [-0.39, 0.29) is 53.3 Å². The summed E-state index contributed by atoms with van der Waals surface area (Å²) in [7, 11) is -17.8. The summed E-state index contributed by atoms with van der Waals surface area (Å²) in [5.74, 6) is -2.14. The molecule has 4 rings (SSSR count). The number of sulfone groups is 2. The van der Waals surface area contributed by atoms with E-state index in [2.05, 4.69) is 0 Å². The van der Waals surface area contributed by atoms with Gasteiger partial charge in [-0.2, -0.15) is 16.8 Å². The van der Waals surface area contributed by atoms with E-state index in [1.807, 2.05) is 0 Å². The molecule has 19 heteroatoms. The predicted octanol–water partition coefficient (Wildman–Crippen LogP) is 0.710. The molecule has 0 unspecified atom stereocenters. The molecule has 4 aromatic rings. The van der Waals surface area contributed by atoms with Crippen LogP contribution in [0.5, 0.6) is 23.0 Å². The first-order chi connectivity index (χ1) is 19.2. The molecule has 0 saturated heterocycles. The van der Waals surface area contributed by atoms with Gasteiger partial charge >= 0.3 is 37.7 Å². The van der Waals surface area contributed by atoms with Gasteiger partial charge in [-0.25, -0.2) is 16.8 Å². The zero-order valence-corrected chi connectivity index (χ0v) is 26.8. The van der Waals surface area contributed by atoms with Gasteiger partial charge in [0, 0.05) is 0 Å². The van der Waals surface area contributed by atoms with Gasteiger partial charge in [-0.3, -0.25) is 9.11 Å². The summed E-state index contributed by atoms with van der Waals surface area (Å²) in [6.45, 7) is 0. The molecule has 0 aromatic heterocycles. The molecular weight excluding hydrogens is 681 g/mol. The molecule has 0 heterocycles. The van der Waals surface area contributed by atoms with Crippen LogP contribution in [0.15, 0.2) is 114 Å². The van der Waals surface area contributed by atoms with Crippen LogP contribution in [-0.4, -0.2) is 90.7 Å². The summed E-state index contributed by atoms with van der Waals surface area (Å²) in [6.07, 6.45) is 0. The fourth-order valence-corrected chi connectivity index (χ4v) is 7.13. The Morgan fingerprint density at radius 3 is 1.33 bits per heavy atom. The molecule has 0 bridgehead atoms. The molecule has 0 atom stereocenters. The van der Waals surface area contributed by atoms with E-state index in [0.717, 1.165) is 72.8 Å². The monoisotopic (exact) mass is 698 g/mol. The van der Waals surface area contributed by atoms with Crippen LogP contribution in [0.2, 0.25) is 0 Å². The SMILES string of the molecule is O=S(=O)(O)c1ccc(O)c(S(=O)(=O)c2ccc(O)cc2)c1.O=S(=O)(O)c1ccc([O-])c(S(=O)(=O)c2ccc([O-])cc2)c1.[Ca+2]. The minimum atomic E-state index is -4.64. The second-order valence-electron chi connectivity index (χ2n) is 8.16. The average Bonchev–Trinajstić information content (AvgIpc) is 2.88. The molecule has 4 aromatic carbocycles. The van der Waals surface area contributed by atoms with Crippen molar-refractivity contribution >= 4 is 77.6 Å². The fraction of sp³-hybridized carbons (Fsp3) is 0. The summed E-state index contributed by atoms with van der Waals surface area (Å²) in [5.41, 5.74) is 0. The zero-order chi connectivity index (χ0) is 31.7. The molecule has 0 radical (unpaired) electrons. The third kappa shape index (κ3) is 8.58. The quantitative estimate of drug-likeness (QED) is 0.160. The van der Waals surface area contributed by atoms with E-state index in [1.54, 1.807) is 0 Å². The van der Waals surface area contributed by atoms with Crippen LogP contribution >= 0.6 is 0 Å². The van der Waals surface area contributed by atoms with Gasteiger partial charge in [0.2, 0.25) is 19.7 Å². The summed E-state index contributed by atoms with van der Waals surface area (Å²) >= 11 is 0. The van der Waals surface area contributed by atoms with Gasteiger partial charge in [0.1, 0.15) is 16.4 Å². The minimum absolute atomic E-state index is 0. The van der Waals surface area contributed by atoms with E-state index < -0.39 is 76.7 Å². The van der Waals surface area contributed by atoms with Crippen molar-refractivity contribution < 1.29 is 63.2 Å². The van der Waals surface area contributed by atoms with Crippen molar-refractivity contribution in [1.29, 1.82) is 0 Å². The van der Waals surface area contributed by atoms with Crippen LogP contribution in [0.25, 0.3) is 0 Å². The number of benzene rings is 4. The first-order valence-corrected chi connectivity index (χ1v) is 16.7. The third-order valence-corrected chi connectivity index (χ3v) is 10.6. The Hall–Kier alpha value is -2.94. The molecule has 0 saturated carbocycles. The molecular formula is C24H18CaO14S4. The van der Waals surface area contributed by atoms with E-state index >= 15 is 0 Å². The van der Waals surface area contributed by atoms with Crippen molar-refractivity contribution in [3.05, 3.63) is 84.9 Å². The minimum Gasteiger partial charge on any atom is -0.872 e. The van der Waals surface area contributed by atoms with E-state index in [1.165, 1.54) is 0 Å². The van der Waals surface area contributed by atoms with E-state index in [4.69, 9.17) is 14.2 Å². The maximum atomic E-state index is 12.3. The topological polar surface area (TPSA) is 264 Å². The molecule has 0 aliphatic heterocycles. The average molecular weight is 699 g/mol. The largest absolute Gasteiger partial charge is 2.00 e. The van der Waals surface area contributed by atoms with Crippen molar-refractivity contribution in [3.8, 4) is 23.0 Å². The van der Waals surface area contributed by atoms with Crippen LogP contribution in [0, 0.1) is 0 Å². The van der Waals surface area contributed by atoms with Gasteiger partial charge in [-0.1, -0.05) is 23.9 Å². The second-order valence-corrected chi connectivity index (χ2v) is 14.8. The molecule has 0 amide bonds. The Morgan fingerprint density at radius 2 is 0.860 bits per heavy atom. The van der Waals surface area contributed by atoms with Gasteiger partial charge in [0.15, 0.2) is 0 Å². The predicted molar refractivity (Wildman–Crippen MR) is 144 cm³/mol. The summed E-state index contributed by atoms with van der Waals surface area (Å²) in [5, 5.41) is 41.4. The Bertz CT molecular complexity index is 1920. The normalized spacial score (nSPS) is 12.0. The van der Waals surface area contributed by atoms with Gasteiger partial charge in [0.05, 0.1) is 24.5 Å². The Labute approximate surface area is 275 Å². The van der Waals surface area contributed by atoms with Crippen molar-refractivity contribution in [2.75, 3.05) is 0 Å². The number of hydrogen-bond acceptors (Lipinski definition) is 12. The molecule has 224 valence electrons. The fourth-order valence-electron chi connectivity index (χ4n) is 3.23. The van der Waals surface area contributed by atoms with Crippen LogP contribution < -0.4 is 10.2 Å². The van der Waals surface area contributed by atoms with Gasteiger partial charge < -0.3 is 20.4 Å². The maximum absolute atomic E-state index is 12.3. The van der Waals surface area contributed by atoms with Crippen LogP contribution in [0.1, 0.15) is 0 Å². The molecule has 0 aliphatic carbocycles. The Balaban J connectivity index is 0.000000293. The Kier molecular flexibility index (Phi) is 11.3. The number of aromatic hydroxyl groups is 2. The van der Waals surface area contributed by atoms with E-state index in [0.29, 0.717) is 12.1 Å². The van der Waals surface area contributed by atoms with Crippen LogP contribution in [-0.2, 0) is 39.9 Å². The third-order valence-electron chi connectivity index (χ3n) is 5.30. The molecule has 43 heavy (non-hydrogen) atoms. The summed E-state index contributed by atoms with van der Waals surface area (Å²) in [4.78, 5) is -3.40. The van der Waals surface area contributed by atoms with Crippen molar-refractivity contribution in [2.45, 2.75) is 29.4 Å². The van der Waals surface area contributed by atoms with Crippen molar-refractivity contribution in [3.63, 3.8) is 0 Å². The summed E-state index contributed by atoms with van der Waals surface area (Å²) < 4.78 is 111. The maximum Gasteiger partial charge on any atom is 2.00 e. The molecule has 0 aliphatic rings. The van der Waals surface area contributed by atoms with Gasteiger partial charge in [0.25, 0.3) is 20.2 Å². The van der Waals surface area contributed by atoms with Gasteiger partial charge in [-0.05, 0) is 66.7 Å². The number of rotatable bonds is 6. The standard InChI is InChI=1S/2C12H10O7S2.Ca/c2*13-8-1-3-9(4-2-8)20(15,16)12-7-10(21(17,18)19)5-6-11(12)14;/h2*1-7,13-14H,(H,17,18,19);/q;;+2/p-2. The molecule has 0 fully saturated rings. The number of phenolic OH excluding ortho intramolecular Hbond substituents is 2. The van der Waals surface area contributed by atoms with Crippen LogP contribution in [0.4, 0.5) is 0 Å². The number of hydrogen-bond donors (Lipinski definition) is 4. The molecule has 0 spiro atoms. The van der Waals surface area contributed by atoms with Gasteiger partial charge in [-0.15, -0.1) is 5.75 Å². The molecule has 14 nitrogen and oxygen atoms in total. The van der Waals surface area contributed by atoms with E-state index in [9.17, 15) is 49.0 Å². The molecule has 4 N–H and O–H groups in total. The first kappa shape index (κ1) is 36.3. The Morgan fingerprint density at radius 1 is 0.488 bits per heavy atom. The van der Waals surface area contributed by atoms with Crippen molar-refractivity contribution in [1.82, 2.24) is 0 Å².